The van der Waals surface area contributed by atoms with Crippen LogP contribution < -0.4 is 5.32 Å². The first-order chi connectivity index (χ1) is 14.2. The zero-order valence-corrected chi connectivity index (χ0v) is 22.0. The highest BCUT2D eigenvalue weighted by molar-refractivity contribution is 8.93. The Morgan fingerprint density at radius 2 is 1.74 bits per heavy atom. The highest BCUT2D eigenvalue weighted by atomic mass is 79.9. The summed E-state index contributed by atoms with van der Waals surface area (Å²) in [5.41, 5.74) is 3.53. The predicted octanol–water partition coefficient (Wildman–Crippen LogP) is 5.44. The molecular formula is C25H38Br2N2O2. The Morgan fingerprint density at radius 1 is 0.968 bits per heavy atom. The molecule has 3 N–H and O–H groups in total. The smallest absolute Gasteiger partial charge is 0.160 e. The van der Waals surface area contributed by atoms with Crippen molar-refractivity contribution in [2.75, 3.05) is 26.2 Å². The van der Waals surface area contributed by atoms with Crippen LogP contribution in [-0.4, -0.2) is 47.3 Å². The van der Waals surface area contributed by atoms with E-state index in [4.69, 9.17) is 0 Å². The normalized spacial score (nSPS) is 15.1. The van der Waals surface area contributed by atoms with E-state index in [-0.39, 0.29) is 45.5 Å². The Morgan fingerprint density at radius 3 is 2.48 bits per heavy atom. The van der Waals surface area contributed by atoms with Gasteiger partial charge in [-0.3, -0.25) is 0 Å². The fourth-order valence-electron chi connectivity index (χ4n) is 4.45. The van der Waals surface area contributed by atoms with Crippen molar-refractivity contribution in [3.8, 4) is 11.5 Å². The number of hydrogen-bond acceptors (Lipinski definition) is 4. The van der Waals surface area contributed by atoms with Crippen LogP contribution in [0, 0.1) is 0 Å². The molecule has 2 aromatic rings. The molecule has 0 aliphatic heterocycles. The van der Waals surface area contributed by atoms with Gasteiger partial charge in [-0.15, -0.1) is 34.0 Å². The number of benzene rings is 2. The molecule has 2 aromatic carbocycles. The molecule has 0 fully saturated rings. The van der Waals surface area contributed by atoms with Crippen LogP contribution in [0.3, 0.4) is 0 Å². The monoisotopic (exact) mass is 556 g/mol. The fourth-order valence-corrected chi connectivity index (χ4v) is 4.45. The van der Waals surface area contributed by atoms with Gasteiger partial charge in [-0.25, -0.2) is 0 Å². The molecule has 0 radical (unpaired) electrons. The lowest BCUT2D eigenvalue weighted by Gasteiger charge is -2.35. The van der Waals surface area contributed by atoms with E-state index in [1.165, 1.54) is 30.4 Å². The minimum absolute atomic E-state index is 0. The van der Waals surface area contributed by atoms with Crippen molar-refractivity contribution >= 4 is 34.0 Å². The summed E-state index contributed by atoms with van der Waals surface area (Å²) < 4.78 is 0. The first-order valence-electron chi connectivity index (χ1n) is 11.2. The molecule has 6 heteroatoms. The van der Waals surface area contributed by atoms with Crippen LogP contribution in [0.1, 0.15) is 49.3 Å². The molecule has 0 unspecified atom stereocenters. The van der Waals surface area contributed by atoms with Gasteiger partial charge in [0.2, 0.25) is 0 Å². The molecule has 0 saturated carbocycles. The maximum atomic E-state index is 10.1. The van der Waals surface area contributed by atoms with Crippen molar-refractivity contribution in [2.24, 2.45) is 0 Å². The quantitative estimate of drug-likeness (QED) is 0.254. The van der Waals surface area contributed by atoms with Crippen LogP contribution in [0.2, 0.25) is 0 Å². The number of rotatable bonds is 11. The Kier molecular flexibility index (Phi) is 13.4. The second-order valence-electron chi connectivity index (χ2n) is 8.20. The predicted molar refractivity (Wildman–Crippen MR) is 140 cm³/mol. The van der Waals surface area contributed by atoms with E-state index in [1.54, 1.807) is 6.07 Å². The zero-order valence-electron chi connectivity index (χ0n) is 18.6. The van der Waals surface area contributed by atoms with E-state index in [2.05, 4.69) is 47.5 Å². The molecular weight excluding hydrogens is 520 g/mol. The summed E-state index contributed by atoms with van der Waals surface area (Å²) in [6.45, 7) is 6.63. The van der Waals surface area contributed by atoms with Gasteiger partial charge < -0.3 is 20.4 Å². The first-order valence-corrected chi connectivity index (χ1v) is 11.2. The number of fused-ring (bicyclic) bond motifs is 1. The van der Waals surface area contributed by atoms with Crippen molar-refractivity contribution < 1.29 is 10.2 Å². The molecule has 1 aliphatic carbocycles. The van der Waals surface area contributed by atoms with Crippen molar-refractivity contribution in [1.29, 1.82) is 0 Å². The molecule has 0 heterocycles. The van der Waals surface area contributed by atoms with E-state index < -0.39 is 0 Å². The molecule has 0 saturated heterocycles. The Hall–Kier alpha value is -1.08. The van der Waals surface area contributed by atoms with Crippen molar-refractivity contribution in [1.82, 2.24) is 10.2 Å². The van der Waals surface area contributed by atoms with Gasteiger partial charge in [0.15, 0.2) is 11.5 Å². The molecule has 0 aromatic heterocycles. The average molecular weight is 558 g/mol. The lowest BCUT2D eigenvalue weighted by molar-refractivity contribution is 0.175. The highest BCUT2D eigenvalue weighted by Gasteiger charge is 2.26. The third-order valence-electron chi connectivity index (χ3n) is 6.05. The fraction of sp³-hybridized carbons (Fsp3) is 0.520. The molecule has 31 heavy (non-hydrogen) atoms. The number of nitrogens with one attached hydrogen (secondary N) is 1. The standard InChI is InChI=1S/C25H36N2O2.2BrH/c1-2-17-27(18-7-6-15-26-16-14-20-8-4-3-5-9-20)22-11-12-23-21(19-22)10-13-24(28)25(23)29;;/h3-5,8-10,13,22,26,28-29H,2,6-7,11-12,14-19H2,1H3;2*1H/t22-;;/m0../s1. The number of hydrogen-bond donors (Lipinski definition) is 3. The Bertz CT molecular complexity index is 759. The second kappa shape index (κ2) is 14.9. The molecule has 1 atom stereocenters. The summed E-state index contributed by atoms with van der Waals surface area (Å²) in [6, 6.07) is 14.8. The third-order valence-corrected chi connectivity index (χ3v) is 6.05. The number of aromatic hydroxyl groups is 2. The van der Waals surface area contributed by atoms with Crippen LogP contribution in [0.4, 0.5) is 0 Å². The number of phenolic OH excluding ortho intramolecular Hbond substituents is 2. The lowest BCUT2D eigenvalue weighted by atomic mass is 9.86. The number of unbranched alkanes of at least 4 members (excludes halogenated alkanes) is 1. The molecule has 1 aliphatic rings. The maximum Gasteiger partial charge on any atom is 0.160 e. The van der Waals surface area contributed by atoms with E-state index >= 15 is 0 Å². The maximum absolute atomic E-state index is 10.1. The van der Waals surface area contributed by atoms with Crippen LogP contribution >= 0.6 is 34.0 Å². The summed E-state index contributed by atoms with van der Waals surface area (Å²) in [7, 11) is 0. The largest absolute Gasteiger partial charge is 0.504 e. The molecule has 3 rings (SSSR count). The van der Waals surface area contributed by atoms with Crippen LogP contribution in [0.5, 0.6) is 11.5 Å². The molecule has 4 nitrogen and oxygen atoms in total. The van der Waals surface area contributed by atoms with Gasteiger partial charge in [-0.2, -0.15) is 0 Å². The van der Waals surface area contributed by atoms with E-state index in [0.717, 1.165) is 57.4 Å². The molecule has 0 spiro atoms. The minimum atomic E-state index is 0. The molecule has 174 valence electrons. The number of phenols is 2. The zero-order chi connectivity index (χ0) is 20.5. The topological polar surface area (TPSA) is 55.7 Å². The first kappa shape index (κ1) is 28.0. The Balaban J connectivity index is 0.00000240. The number of nitrogens with zero attached hydrogens (tertiary/aromatic N) is 1. The lowest BCUT2D eigenvalue weighted by Crippen LogP contribution is -2.40. The summed E-state index contributed by atoms with van der Waals surface area (Å²) >= 11 is 0. The van der Waals surface area contributed by atoms with E-state index in [1.807, 2.05) is 6.07 Å². The second-order valence-corrected chi connectivity index (χ2v) is 8.20. The van der Waals surface area contributed by atoms with Gasteiger partial charge in [0.1, 0.15) is 0 Å². The highest BCUT2D eigenvalue weighted by Crippen LogP contribution is 2.36. The SMILES string of the molecule is Br.Br.CCCN(CCCCNCCc1ccccc1)[C@H]1CCc2c(ccc(O)c2O)C1. The summed E-state index contributed by atoms with van der Waals surface area (Å²) in [5, 5.41) is 23.4. The van der Waals surface area contributed by atoms with Gasteiger partial charge in [0.25, 0.3) is 0 Å². The summed E-state index contributed by atoms with van der Waals surface area (Å²) in [4.78, 5) is 2.64. The Labute approximate surface area is 208 Å². The van der Waals surface area contributed by atoms with Crippen molar-refractivity contribution in [2.45, 2.75) is 57.9 Å². The van der Waals surface area contributed by atoms with Gasteiger partial charge in [0.05, 0.1) is 0 Å². The van der Waals surface area contributed by atoms with Crippen LogP contribution in [0.25, 0.3) is 0 Å². The molecule has 0 amide bonds. The number of halogens is 2. The minimum Gasteiger partial charge on any atom is -0.504 e. The van der Waals surface area contributed by atoms with Gasteiger partial charge in [-0.1, -0.05) is 43.3 Å². The van der Waals surface area contributed by atoms with E-state index in [0.29, 0.717) is 6.04 Å². The average Bonchev–Trinajstić information content (AvgIpc) is 2.75. The van der Waals surface area contributed by atoms with Gasteiger partial charge >= 0.3 is 0 Å². The van der Waals surface area contributed by atoms with Crippen molar-refractivity contribution in [3.05, 3.63) is 59.2 Å². The molecule has 0 bridgehead atoms. The summed E-state index contributed by atoms with van der Waals surface area (Å²) in [6.07, 6.45) is 7.54. The summed E-state index contributed by atoms with van der Waals surface area (Å²) in [5.74, 6) is 0.0944. The van der Waals surface area contributed by atoms with Crippen molar-refractivity contribution in [3.63, 3.8) is 0 Å². The van der Waals surface area contributed by atoms with Crippen LogP contribution in [-0.2, 0) is 19.3 Å². The van der Waals surface area contributed by atoms with Gasteiger partial charge in [-0.05, 0) is 88.3 Å². The van der Waals surface area contributed by atoms with Gasteiger partial charge in [0, 0.05) is 11.6 Å². The third kappa shape index (κ3) is 8.41. The van der Waals surface area contributed by atoms with E-state index in [9.17, 15) is 10.2 Å². The van der Waals surface area contributed by atoms with Crippen LogP contribution in [0.15, 0.2) is 42.5 Å².